The summed E-state index contributed by atoms with van der Waals surface area (Å²) in [6.45, 7) is 5.14. The van der Waals surface area contributed by atoms with Gasteiger partial charge in [-0.15, -0.1) is 0 Å². The molecule has 0 aromatic rings. The minimum absolute atomic E-state index is 0.228. The zero-order chi connectivity index (χ0) is 10.7. The molecule has 1 N–H and O–H groups in total. The quantitative estimate of drug-likeness (QED) is 0.764. The van der Waals surface area contributed by atoms with Gasteiger partial charge in [0.25, 0.3) is 0 Å². The van der Waals surface area contributed by atoms with Crippen molar-refractivity contribution in [2.75, 3.05) is 19.7 Å². The molecule has 0 spiro atoms. The van der Waals surface area contributed by atoms with Crippen LogP contribution in [0.3, 0.4) is 0 Å². The topological polar surface area (TPSA) is 45.0 Å². The monoisotopic (exact) mass is 208 g/mol. The zero-order valence-corrected chi connectivity index (χ0v) is 9.46. The van der Waals surface area contributed by atoms with Gasteiger partial charge in [-0.25, -0.2) is 0 Å². The summed E-state index contributed by atoms with van der Waals surface area (Å²) in [6, 6.07) is 2.27. The van der Waals surface area contributed by atoms with Gasteiger partial charge in [-0.05, 0) is 31.7 Å². The molecular formula is C12H20N2O. The van der Waals surface area contributed by atoms with Crippen molar-refractivity contribution >= 4 is 0 Å². The molecule has 1 aliphatic carbocycles. The molecule has 0 aromatic heterocycles. The molecule has 2 aliphatic rings. The Kier molecular flexibility index (Phi) is 3.28. The van der Waals surface area contributed by atoms with E-state index in [-0.39, 0.29) is 5.41 Å². The Morgan fingerprint density at radius 2 is 2.33 bits per heavy atom. The van der Waals surface area contributed by atoms with Crippen molar-refractivity contribution in [3.05, 3.63) is 0 Å². The molecule has 3 nitrogen and oxygen atoms in total. The molecule has 0 amide bonds. The van der Waals surface area contributed by atoms with E-state index < -0.39 is 0 Å². The van der Waals surface area contributed by atoms with Gasteiger partial charge in [0, 0.05) is 18.4 Å². The smallest absolute Gasteiger partial charge is 0.0725 e. The molecule has 2 unspecified atom stereocenters. The molecule has 0 aromatic carbocycles. The van der Waals surface area contributed by atoms with Crippen molar-refractivity contribution in [1.29, 1.82) is 5.26 Å². The van der Waals surface area contributed by atoms with Crippen LogP contribution in [0.4, 0.5) is 0 Å². The van der Waals surface area contributed by atoms with E-state index in [4.69, 9.17) is 10.00 Å². The Morgan fingerprint density at radius 1 is 1.53 bits per heavy atom. The standard InChI is InChI=1S/C12H20N2O/c1-10-2-7-14-8-11(10)15-9-12(3-4-12)5-6-13/h10-11,14H,2-5,7-9H2,1H3. The molecule has 2 atom stereocenters. The molecule has 1 saturated heterocycles. The van der Waals surface area contributed by atoms with E-state index in [0.717, 1.165) is 19.7 Å². The summed E-state index contributed by atoms with van der Waals surface area (Å²) in [5, 5.41) is 12.1. The van der Waals surface area contributed by atoms with E-state index in [1.165, 1.54) is 19.3 Å². The van der Waals surface area contributed by atoms with Crippen molar-refractivity contribution in [2.24, 2.45) is 11.3 Å². The second-order valence-electron chi connectivity index (χ2n) is 5.15. The Labute approximate surface area is 91.8 Å². The summed E-state index contributed by atoms with van der Waals surface area (Å²) in [5.41, 5.74) is 0.228. The normalized spacial score (nSPS) is 33.3. The molecule has 0 radical (unpaired) electrons. The maximum Gasteiger partial charge on any atom is 0.0725 e. The molecule has 15 heavy (non-hydrogen) atoms. The van der Waals surface area contributed by atoms with Crippen LogP contribution in [0, 0.1) is 22.7 Å². The SMILES string of the molecule is CC1CCNCC1OCC1(CC#N)CC1. The van der Waals surface area contributed by atoms with Crippen molar-refractivity contribution in [2.45, 2.75) is 38.7 Å². The molecule has 1 heterocycles. The highest BCUT2D eigenvalue weighted by Gasteiger charge is 2.43. The average molecular weight is 208 g/mol. The van der Waals surface area contributed by atoms with E-state index in [1.54, 1.807) is 0 Å². The van der Waals surface area contributed by atoms with Crippen LogP contribution in [-0.4, -0.2) is 25.8 Å². The average Bonchev–Trinajstić information content (AvgIpc) is 2.98. The van der Waals surface area contributed by atoms with E-state index in [9.17, 15) is 0 Å². The van der Waals surface area contributed by atoms with Crippen LogP contribution in [0.2, 0.25) is 0 Å². The fourth-order valence-electron chi connectivity index (χ4n) is 2.18. The van der Waals surface area contributed by atoms with Gasteiger partial charge >= 0.3 is 0 Å². The van der Waals surface area contributed by atoms with E-state index in [1.807, 2.05) is 0 Å². The molecule has 2 fully saturated rings. The largest absolute Gasteiger partial charge is 0.376 e. The van der Waals surface area contributed by atoms with Crippen LogP contribution >= 0.6 is 0 Å². The summed E-state index contributed by atoms with van der Waals surface area (Å²) < 4.78 is 5.96. The highest BCUT2D eigenvalue weighted by molar-refractivity contribution is 4.99. The first kappa shape index (κ1) is 10.9. The number of nitriles is 1. The van der Waals surface area contributed by atoms with Gasteiger partial charge < -0.3 is 10.1 Å². The Bertz CT molecular complexity index is 255. The van der Waals surface area contributed by atoms with Crippen LogP contribution in [0.1, 0.15) is 32.6 Å². The lowest BCUT2D eigenvalue weighted by Crippen LogP contribution is -2.41. The minimum Gasteiger partial charge on any atom is -0.376 e. The van der Waals surface area contributed by atoms with Gasteiger partial charge in [-0.2, -0.15) is 5.26 Å². The number of hydrogen-bond donors (Lipinski definition) is 1. The number of nitrogens with zero attached hydrogens (tertiary/aromatic N) is 1. The lowest BCUT2D eigenvalue weighted by Gasteiger charge is -2.30. The van der Waals surface area contributed by atoms with Gasteiger partial charge in [0.15, 0.2) is 0 Å². The predicted octanol–water partition coefficient (Wildman–Crippen LogP) is 1.69. The van der Waals surface area contributed by atoms with Crippen molar-refractivity contribution in [1.82, 2.24) is 5.32 Å². The van der Waals surface area contributed by atoms with Gasteiger partial charge in [-0.1, -0.05) is 6.92 Å². The Hall–Kier alpha value is -0.590. The number of nitrogens with one attached hydrogen (secondary N) is 1. The molecule has 1 saturated carbocycles. The summed E-state index contributed by atoms with van der Waals surface area (Å²) >= 11 is 0. The van der Waals surface area contributed by atoms with E-state index in [0.29, 0.717) is 18.4 Å². The molecule has 2 rings (SSSR count). The summed E-state index contributed by atoms with van der Waals surface area (Å²) in [6.07, 6.45) is 4.58. The van der Waals surface area contributed by atoms with Gasteiger partial charge in [0.1, 0.15) is 0 Å². The lowest BCUT2D eigenvalue weighted by molar-refractivity contribution is -0.0181. The molecule has 1 aliphatic heterocycles. The number of piperidine rings is 1. The van der Waals surface area contributed by atoms with Crippen molar-refractivity contribution < 1.29 is 4.74 Å². The highest BCUT2D eigenvalue weighted by Crippen LogP contribution is 2.49. The first-order valence-corrected chi connectivity index (χ1v) is 5.95. The van der Waals surface area contributed by atoms with Gasteiger partial charge in [0.05, 0.1) is 18.8 Å². The van der Waals surface area contributed by atoms with Gasteiger partial charge in [-0.3, -0.25) is 0 Å². The number of ether oxygens (including phenoxy) is 1. The molecular weight excluding hydrogens is 188 g/mol. The first-order valence-electron chi connectivity index (χ1n) is 5.95. The van der Waals surface area contributed by atoms with Crippen LogP contribution in [-0.2, 0) is 4.74 Å². The fourth-order valence-corrected chi connectivity index (χ4v) is 2.18. The molecule has 0 bridgehead atoms. The summed E-state index contributed by atoms with van der Waals surface area (Å²) in [5.74, 6) is 0.657. The lowest BCUT2D eigenvalue weighted by atomic mass is 9.97. The third-order valence-electron chi connectivity index (χ3n) is 3.77. The summed E-state index contributed by atoms with van der Waals surface area (Å²) in [4.78, 5) is 0. The third-order valence-corrected chi connectivity index (χ3v) is 3.77. The predicted molar refractivity (Wildman–Crippen MR) is 58.3 cm³/mol. The van der Waals surface area contributed by atoms with Gasteiger partial charge in [0.2, 0.25) is 0 Å². The van der Waals surface area contributed by atoms with Crippen molar-refractivity contribution in [3.8, 4) is 6.07 Å². The van der Waals surface area contributed by atoms with Crippen LogP contribution in [0.5, 0.6) is 0 Å². The van der Waals surface area contributed by atoms with Crippen LogP contribution in [0.15, 0.2) is 0 Å². The minimum atomic E-state index is 0.228. The van der Waals surface area contributed by atoms with E-state index >= 15 is 0 Å². The zero-order valence-electron chi connectivity index (χ0n) is 9.46. The second-order valence-corrected chi connectivity index (χ2v) is 5.15. The van der Waals surface area contributed by atoms with E-state index in [2.05, 4.69) is 18.3 Å². The Morgan fingerprint density at radius 3 is 2.93 bits per heavy atom. The van der Waals surface area contributed by atoms with Crippen LogP contribution in [0.25, 0.3) is 0 Å². The Balaban J connectivity index is 1.75. The second kappa shape index (κ2) is 4.51. The van der Waals surface area contributed by atoms with Crippen LogP contribution < -0.4 is 5.32 Å². The third kappa shape index (κ3) is 2.70. The highest BCUT2D eigenvalue weighted by atomic mass is 16.5. The number of rotatable bonds is 4. The first-order chi connectivity index (χ1) is 7.26. The summed E-state index contributed by atoms with van der Waals surface area (Å²) in [7, 11) is 0. The molecule has 3 heteroatoms. The molecule has 84 valence electrons. The maximum absolute atomic E-state index is 8.71. The van der Waals surface area contributed by atoms with Crippen molar-refractivity contribution in [3.63, 3.8) is 0 Å². The fraction of sp³-hybridized carbons (Fsp3) is 0.917. The number of hydrogen-bond acceptors (Lipinski definition) is 3. The maximum atomic E-state index is 8.71.